The Hall–Kier alpha value is -7.70. The summed E-state index contributed by atoms with van der Waals surface area (Å²) in [6.07, 6.45) is 11.0. The highest BCUT2D eigenvalue weighted by molar-refractivity contribution is 5.95. The van der Waals surface area contributed by atoms with Crippen LogP contribution in [0.15, 0.2) is 195 Å². The number of rotatable bonds is 7. The van der Waals surface area contributed by atoms with E-state index in [2.05, 4.69) is 129 Å². The highest BCUT2D eigenvalue weighted by Gasteiger charge is 2.15. The Bertz CT molecular complexity index is 2790. The number of nitrogens with zero attached hydrogens (tertiary/aromatic N) is 6. The summed E-state index contributed by atoms with van der Waals surface area (Å²) in [6, 6.07) is 54.6. The molecule has 0 amide bonds. The average molecular weight is 717 g/mol. The Balaban J connectivity index is 1.12. The normalized spacial score (nSPS) is 11.2. The Labute approximate surface area is 324 Å². The predicted molar refractivity (Wildman–Crippen MR) is 226 cm³/mol. The van der Waals surface area contributed by atoms with Crippen LogP contribution < -0.4 is 0 Å². The van der Waals surface area contributed by atoms with Crippen LogP contribution in [-0.4, -0.2) is 29.9 Å². The van der Waals surface area contributed by atoms with Crippen molar-refractivity contribution in [1.29, 1.82) is 0 Å². The summed E-state index contributed by atoms with van der Waals surface area (Å²) in [5.41, 5.74) is 15.3. The number of hydrogen-bond acceptors (Lipinski definition) is 6. The van der Waals surface area contributed by atoms with Crippen LogP contribution in [0.2, 0.25) is 0 Å². The molecule has 0 saturated heterocycles. The lowest BCUT2D eigenvalue weighted by Crippen LogP contribution is -1.97. The molecule has 0 fully saturated rings. The second-order valence-electron chi connectivity index (χ2n) is 13.6. The fourth-order valence-corrected chi connectivity index (χ4v) is 7.39. The molecular weight excluding hydrogens is 685 g/mol. The Kier molecular flexibility index (Phi) is 8.39. The number of aromatic nitrogens is 6. The van der Waals surface area contributed by atoms with Gasteiger partial charge in [0, 0.05) is 64.6 Å². The predicted octanol–water partition coefficient (Wildman–Crippen LogP) is 12.0. The van der Waals surface area contributed by atoms with E-state index in [1.807, 2.05) is 85.7 Å². The molecule has 0 spiro atoms. The van der Waals surface area contributed by atoms with Crippen LogP contribution in [0.25, 0.3) is 100 Å². The minimum Gasteiger partial charge on any atom is -0.265 e. The Morgan fingerprint density at radius 3 is 1.16 bits per heavy atom. The zero-order valence-electron chi connectivity index (χ0n) is 30.2. The first kappa shape index (κ1) is 32.9. The molecule has 0 aliphatic rings. The van der Waals surface area contributed by atoms with Gasteiger partial charge in [-0.15, -0.1) is 0 Å². The van der Waals surface area contributed by atoms with Crippen molar-refractivity contribution in [3.05, 3.63) is 195 Å². The maximum absolute atomic E-state index is 5.27. The van der Waals surface area contributed by atoms with Crippen LogP contribution in [0, 0.1) is 0 Å². The smallest absolute Gasteiger partial charge is 0.160 e. The molecule has 0 N–H and O–H groups in total. The lowest BCUT2D eigenvalue weighted by molar-refractivity contribution is 1.18. The van der Waals surface area contributed by atoms with Crippen molar-refractivity contribution in [2.75, 3.05) is 0 Å². The monoisotopic (exact) mass is 716 g/mol. The SMILES string of the molecule is c1ccc2c(-c3ccc(-c4cc(-c5ccc(-c6ccnc7ccccc67)cc5)nc(-c5cc(-c6ccncc6)cc(-c6ccncc6)c5)n4)cc3)ccnc2c1. The van der Waals surface area contributed by atoms with Crippen molar-refractivity contribution in [3.63, 3.8) is 0 Å². The molecular formula is C50H32N6. The van der Waals surface area contributed by atoms with Crippen molar-refractivity contribution in [1.82, 2.24) is 29.9 Å². The van der Waals surface area contributed by atoms with E-state index in [0.717, 1.165) is 94.4 Å². The first-order chi connectivity index (χ1) is 27.7. The largest absolute Gasteiger partial charge is 0.265 e. The van der Waals surface area contributed by atoms with Gasteiger partial charge in [-0.1, -0.05) is 84.9 Å². The van der Waals surface area contributed by atoms with E-state index in [-0.39, 0.29) is 0 Å². The molecule has 0 atom stereocenters. The van der Waals surface area contributed by atoms with Crippen LogP contribution in [0.4, 0.5) is 0 Å². The van der Waals surface area contributed by atoms with E-state index >= 15 is 0 Å². The van der Waals surface area contributed by atoms with E-state index < -0.39 is 0 Å². The van der Waals surface area contributed by atoms with Crippen molar-refractivity contribution in [3.8, 4) is 78.4 Å². The van der Waals surface area contributed by atoms with Crippen molar-refractivity contribution in [2.45, 2.75) is 0 Å². The third-order valence-electron chi connectivity index (χ3n) is 10.2. The summed E-state index contributed by atoms with van der Waals surface area (Å²) < 4.78 is 0. The van der Waals surface area contributed by atoms with E-state index in [1.54, 1.807) is 0 Å². The van der Waals surface area contributed by atoms with Gasteiger partial charge in [0.2, 0.25) is 0 Å². The van der Waals surface area contributed by atoms with Crippen LogP contribution in [0.3, 0.4) is 0 Å². The van der Waals surface area contributed by atoms with Gasteiger partial charge in [0.25, 0.3) is 0 Å². The molecule has 0 aliphatic carbocycles. The maximum atomic E-state index is 5.27. The van der Waals surface area contributed by atoms with E-state index in [9.17, 15) is 0 Å². The molecule has 5 aromatic carbocycles. The van der Waals surface area contributed by atoms with Crippen LogP contribution in [0.1, 0.15) is 0 Å². The highest BCUT2D eigenvalue weighted by atomic mass is 14.9. The second kappa shape index (κ2) is 14.3. The van der Waals surface area contributed by atoms with Crippen LogP contribution in [-0.2, 0) is 0 Å². The van der Waals surface area contributed by atoms with Gasteiger partial charge < -0.3 is 0 Å². The molecule has 56 heavy (non-hydrogen) atoms. The molecule has 262 valence electrons. The minimum absolute atomic E-state index is 0.636. The summed E-state index contributed by atoms with van der Waals surface area (Å²) in [5.74, 6) is 0.636. The van der Waals surface area contributed by atoms with Gasteiger partial charge in [0.1, 0.15) is 0 Å². The number of fused-ring (bicyclic) bond motifs is 2. The van der Waals surface area contributed by atoms with E-state index in [1.165, 1.54) is 0 Å². The molecule has 6 nitrogen and oxygen atoms in total. The highest BCUT2D eigenvalue weighted by Crippen LogP contribution is 2.36. The van der Waals surface area contributed by atoms with Crippen LogP contribution in [0.5, 0.6) is 0 Å². The minimum atomic E-state index is 0.636. The lowest BCUT2D eigenvalue weighted by atomic mass is 9.96. The number of benzene rings is 5. The standard InChI is InChI=1S/C50H32N6/c1-3-7-46-44(5-1)42(21-27-53-46)35-9-13-37(14-10-35)48-32-49(38-15-11-36(12-16-38)43-22-28-54-47-8-4-2-6-45(43)47)56-50(55-48)41-30-39(33-17-23-51-24-18-33)29-40(31-41)34-19-25-52-26-20-34/h1-32H. The summed E-state index contributed by atoms with van der Waals surface area (Å²) in [4.78, 5) is 28.2. The Morgan fingerprint density at radius 1 is 0.286 bits per heavy atom. The van der Waals surface area contributed by atoms with Gasteiger partial charge >= 0.3 is 0 Å². The van der Waals surface area contributed by atoms with Gasteiger partial charge in [-0.05, 0) is 117 Å². The molecule has 10 aromatic rings. The second-order valence-corrected chi connectivity index (χ2v) is 13.6. The van der Waals surface area contributed by atoms with Gasteiger partial charge in [0.15, 0.2) is 5.82 Å². The summed E-state index contributed by atoms with van der Waals surface area (Å²) in [5, 5.41) is 2.24. The number of pyridine rings is 4. The third-order valence-corrected chi connectivity index (χ3v) is 10.2. The first-order valence-corrected chi connectivity index (χ1v) is 18.5. The molecule has 10 rings (SSSR count). The molecule has 0 saturated carbocycles. The molecule has 5 heterocycles. The third kappa shape index (κ3) is 6.35. The first-order valence-electron chi connectivity index (χ1n) is 18.5. The fourth-order valence-electron chi connectivity index (χ4n) is 7.39. The van der Waals surface area contributed by atoms with Crippen molar-refractivity contribution >= 4 is 21.8 Å². The fraction of sp³-hybridized carbons (Fsp3) is 0. The van der Waals surface area contributed by atoms with Crippen molar-refractivity contribution in [2.24, 2.45) is 0 Å². The zero-order chi connectivity index (χ0) is 37.3. The average Bonchev–Trinajstić information content (AvgIpc) is 3.29. The lowest BCUT2D eigenvalue weighted by Gasteiger charge is -2.14. The van der Waals surface area contributed by atoms with Gasteiger partial charge in [-0.3, -0.25) is 19.9 Å². The molecule has 0 bridgehead atoms. The zero-order valence-corrected chi connectivity index (χ0v) is 30.2. The summed E-state index contributed by atoms with van der Waals surface area (Å²) in [6.45, 7) is 0. The van der Waals surface area contributed by atoms with Gasteiger partial charge in [0.05, 0.1) is 22.4 Å². The van der Waals surface area contributed by atoms with E-state index in [4.69, 9.17) is 9.97 Å². The van der Waals surface area contributed by atoms with E-state index in [0.29, 0.717) is 5.82 Å². The topological polar surface area (TPSA) is 77.3 Å². The van der Waals surface area contributed by atoms with Gasteiger partial charge in [-0.2, -0.15) is 0 Å². The molecule has 0 radical (unpaired) electrons. The molecule has 6 heteroatoms. The van der Waals surface area contributed by atoms with Gasteiger partial charge in [-0.25, -0.2) is 9.97 Å². The van der Waals surface area contributed by atoms with Crippen LogP contribution >= 0.6 is 0 Å². The summed E-state index contributed by atoms with van der Waals surface area (Å²) >= 11 is 0. The summed E-state index contributed by atoms with van der Waals surface area (Å²) in [7, 11) is 0. The quantitative estimate of drug-likeness (QED) is 0.163. The molecule has 0 unspecified atom stereocenters. The Morgan fingerprint density at radius 2 is 0.696 bits per heavy atom. The number of para-hydroxylation sites is 2. The molecule has 0 aliphatic heterocycles. The number of hydrogen-bond donors (Lipinski definition) is 0. The maximum Gasteiger partial charge on any atom is 0.160 e. The molecule has 5 aromatic heterocycles. The van der Waals surface area contributed by atoms with Crippen molar-refractivity contribution < 1.29 is 0 Å².